The molecule has 0 fully saturated rings. The van der Waals surface area contributed by atoms with Crippen LogP contribution in [0.25, 0.3) is 0 Å². The summed E-state index contributed by atoms with van der Waals surface area (Å²) < 4.78 is 0. The van der Waals surface area contributed by atoms with E-state index in [4.69, 9.17) is 5.73 Å². The van der Waals surface area contributed by atoms with Gasteiger partial charge >= 0.3 is 0 Å². The molecule has 0 saturated heterocycles. The Morgan fingerprint density at radius 2 is 2.07 bits per heavy atom. The second-order valence-electron chi connectivity index (χ2n) is 4.41. The Morgan fingerprint density at radius 3 is 2.60 bits per heavy atom. The highest BCUT2D eigenvalue weighted by Crippen LogP contribution is 2.10. The quantitative estimate of drug-likeness (QED) is 0.672. The van der Waals surface area contributed by atoms with Gasteiger partial charge in [-0.2, -0.15) is 4.98 Å². The number of aromatic amines is 1. The van der Waals surface area contributed by atoms with Crippen molar-refractivity contribution >= 4 is 11.9 Å². The molecule has 1 unspecified atom stereocenters. The molecule has 0 saturated carbocycles. The van der Waals surface area contributed by atoms with Crippen molar-refractivity contribution in [3.05, 3.63) is 0 Å². The molecule has 0 amide bonds. The van der Waals surface area contributed by atoms with Gasteiger partial charge in [0.15, 0.2) is 0 Å². The smallest absolute Gasteiger partial charge is 0.243 e. The van der Waals surface area contributed by atoms with E-state index >= 15 is 0 Å². The third kappa shape index (κ3) is 4.67. The highest BCUT2D eigenvalue weighted by molar-refractivity contribution is 5.30. The molecular formula is C10H21N5. The molecule has 0 aliphatic carbocycles. The molecule has 0 bridgehead atoms. The summed E-state index contributed by atoms with van der Waals surface area (Å²) in [6, 6.07) is 0.388. The maximum Gasteiger partial charge on any atom is 0.243 e. The molecule has 4 N–H and O–H groups in total. The van der Waals surface area contributed by atoms with Gasteiger partial charge < -0.3 is 11.1 Å². The number of nitrogens with one attached hydrogen (secondary N) is 2. The van der Waals surface area contributed by atoms with Crippen LogP contribution in [0, 0.1) is 5.92 Å². The summed E-state index contributed by atoms with van der Waals surface area (Å²) in [7, 11) is 0. The van der Waals surface area contributed by atoms with E-state index in [1.807, 2.05) is 0 Å². The fraction of sp³-hybridized carbons (Fsp3) is 0.800. The summed E-state index contributed by atoms with van der Waals surface area (Å²) in [5, 5.41) is 9.73. The van der Waals surface area contributed by atoms with Crippen molar-refractivity contribution in [2.45, 2.75) is 46.1 Å². The highest BCUT2D eigenvalue weighted by atomic mass is 15.3. The molecule has 0 spiro atoms. The van der Waals surface area contributed by atoms with E-state index in [9.17, 15) is 0 Å². The molecule has 0 aromatic carbocycles. The summed E-state index contributed by atoms with van der Waals surface area (Å²) in [6.45, 7) is 6.62. The first-order chi connectivity index (χ1) is 7.08. The van der Waals surface area contributed by atoms with Gasteiger partial charge in [0.2, 0.25) is 11.9 Å². The Labute approximate surface area is 90.9 Å². The van der Waals surface area contributed by atoms with Gasteiger partial charge in [0.25, 0.3) is 0 Å². The van der Waals surface area contributed by atoms with Gasteiger partial charge in [0.05, 0.1) is 0 Å². The van der Waals surface area contributed by atoms with Crippen molar-refractivity contribution < 1.29 is 0 Å². The zero-order valence-corrected chi connectivity index (χ0v) is 9.75. The predicted molar refractivity (Wildman–Crippen MR) is 62.6 cm³/mol. The molecular weight excluding hydrogens is 190 g/mol. The monoisotopic (exact) mass is 211 g/mol. The summed E-state index contributed by atoms with van der Waals surface area (Å²) >= 11 is 0. The lowest BCUT2D eigenvalue weighted by Gasteiger charge is -2.12. The van der Waals surface area contributed by atoms with Crippen LogP contribution in [0.2, 0.25) is 0 Å². The molecule has 5 heteroatoms. The first kappa shape index (κ1) is 11.8. The van der Waals surface area contributed by atoms with E-state index in [0.29, 0.717) is 17.9 Å². The van der Waals surface area contributed by atoms with E-state index in [1.54, 1.807) is 0 Å². The first-order valence-corrected chi connectivity index (χ1v) is 5.52. The minimum atomic E-state index is 0.354. The van der Waals surface area contributed by atoms with Gasteiger partial charge in [-0.1, -0.05) is 26.7 Å². The topological polar surface area (TPSA) is 79.6 Å². The molecule has 0 aliphatic heterocycles. The van der Waals surface area contributed by atoms with Gasteiger partial charge in [-0.15, -0.1) is 5.10 Å². The number of nitrogens with zero attached hydrogens (tertiary/aromatic N) is 2. The lowest BCUT2D eigenvalue weighted by molar-refractivity contribution is 0.519. The SMILES string of the molecule is CC(C)CCCC(C)Nc1n[nH]c(N)n1. The highest BCUT2D eigenvalue weighted by Gasteiger charge is 2.05. The third-order valence-electron chi connectivity index (χ3n) is 2.30. The Bertz CT molecular complexity index is 281. The van der Waals surface area contributed by atoms with Crippen molar-refractivity contribution in [1.29, 1.82) is 0 Å². The number of nitrogen functional groups attached to an aromatic ring is 1. The van der Waals surface area contributed by atoms with E-state index in [-0.39, 0.29) is 0 Å². The largest absolute Gasteiger partial charge is 0.368 e. The molecule has 86 valence electrons. The number of anilines is 2. The van der Waals surface area contributed by atoms with Crippen LogP contribution in [0.5, 0.6) is 0 Å². The van der Waals surface area contributed by atoms with E-state index in [0.717, 1.165) is 12.3 Å². The van der Waals surface area contributed by atoms with Crippen LogP contribution in [-0.2, 0) is 0 Å². The molecule has 15 heavy (non-hydrogen) atoms. The maximum atomic E-state index is 5.43. The number of rotatable bonds is 6. The number of hydrogen-bond donors (Lipinski definition) is 3. The summed E-state index contributed by atoms with van der Waals surface area (Å²) in [5.41, 5.74) is 5.43. The molecule has 1 aromatic heterocycles. The van der Waals surface area contributed by atoms with Crippen molar-refractivity contribution in [2.75, 3.05) is 11.1 Å². The van der Waals surface area contributed by atoms with Gasteiger partial charge in [0, 0.05) is 6.04 Å². The Hall–Kier alpha value is -1.26. The zero-order valence-electron chi connectivity index (χ0n) is 9.75. The second kappa shape index (κ2) is 5.58. The van der Waals surface area contributed by atoms with Gasteiger partial charge in [-0.25, -0.2) is 5.10 Å². The lowest BCUT2D eigenvalue weighted by Crippen LogP contribution is -2.16. The molecule has 1 atom stereocenters. The van der Waals surface area contributed by atoms with Crippen molar-refractivity contribution in [3.63, 3.8) is 0 Å². The average molecular weight is 211 g/mol. The predicted octanol–water partition coefficient (Wildman–Crippen LogP) is 2.01. The van der Waals surface area contributed by atoms with Crippen molar-refractivity contribution in [1.82, 2.24) is 15.2 Å². The minimum absolute atomic E-state index is 0.354. The Balaban J connectivity index is 2.21. The number of hydrogen-bond acceptors (Lipinski definition) is 4. The van der Waals surface area contributed by atoms with Gasteiger partial charge in [-0.3, -0.25) is 0 Å². The molecule has 0 aliphatic rings. The number of H-pyrrole nitrogens is 1. The summed E-state index contributed by atoms with van der Waals surface area (Å²) in [4.78, 5) is 3.99. The summed E-state index contributed by atoms with van der Waals surface area (Å²) in [6.07, 6.45) is 3.63. The third-order valence-corrected chi connectivity index (χ3v) is 2.30. The molecule has 0 radical (unpaired) electrons. The van der Waals surface area contributed by atoms with Gasteiger partial charge in [-0.05, 0) is 19.3 Å². The van der Waals surface area contributed by atoms with Crippen molar-refractivity contribution in [3.8, 4) is 0 Å². The lowest BCUT2D eigenvalue weighted by atomic mass is 10.0. The van der Waals surface area contributed by atoms with Crippen LogP contribution in [0.15, 0.2) is 0 Å². The molecule has 1 rings (SSSR count). The molecule has 1 aromatic rings. The van der Waals surface area contributed by atoms with Crippen LogP contribution < -0.4 is 11.1 Å². The maximum absolute atomic E-state index is 5.43. The average Bonchev–Trinajstić information content (AvgIpc) is 2.50. The Kier molecular flexibility index (Phi) is 4.39. The second-order valence-corrected chi connectivity index (χ2v) is 4.41. The fourth-order valence-corrected chi connectivity index (χ4v) is 1.46. The van der Waals surface area contributed by atoms with Gasteiger partial charge in [0.1, 0.15) is 0 Å². The van der Waals surface area contributed by atoms with Crippen molar-refractivity contribution in [2.24, 2.45) is 5.92 Å². The van der Waals surface area contributed by atoms with E-state index in [2.05, 4.69) is 41.3 Å². The normalized spacial score (nSPS) is 13.1. The van der Waals surface area contributed by atoms with Crippen LogP contribution in [0.4, 0.5) is 11.9 Å². The van der Waals surface area contributed by atoms with Crippen LogP contribution >= 0.6 is 0 Å². The van der Waals surface area contributed by atoms with Crippen LogP contribution in [-0.4, -0.2) is 21.2 Å². The van der Waals surface area contributed by atoms with E-state index < -0.39 is 0 Å². The van der Waals surface area contributed by atoms with E-state index in [1.165, 1.54) is 12.8 Å². The zero-order chi connectivity index (χ0) is 11.3. The first-order valence-electron chi connectivity index (χ1n) is 5.52. The molecule has 1 heterocycles. The Morgan fingerprint density at radius 1 is 1.33 bits per heavy atom. The summed E-state index contributed by atoms with van der Waals surface area (Å²) in [5.74, 6) is 1.72. The number of aromatic nitrogens is 3. The number of nitrogens with two attached hydrogens (primary N) is 1. The standard InChI is InChI=1S/C10H21N5/c1-7(2)5-4-6-8(3)12-10-13-9(11)14-15-10/h7-8H,4-6H2,1-3H3,(H4,11,12,13,14,15). The van der Waals surface area contributed by atoms with Crippen LogP contribution in [0.1, 0.15) is 40.0 Å². The fourth-order valence-electron chi connectivity index (χ4n) is 1.46. The minimum Gasteiger partial charge on any atom is -0.368 e. The molecule has 5 nitrogen and oxygen atoms in total. The van der Waals surface area contributed by atoms with Crippen LogP contribution in [0.3, 0.4) is 0 Å².